The maximum absolute atomic E-state index is 13.0. The van der Waals surface area contributed by atoms with Crippen LogP contribution in [-0.4, -0.2) is 48.9 Å². The summed E-state index contributed by atoms with van der Waals surface area (Å²) in [5.41, 5.74) is 0.556. The molecule has 4 atom stereocenters. The normalized spacial score (nSPS) is 32.3. The maximum atomic E-state index is 13.0. The predicted molar refractivity (Wildman–Crippen MR) is 93.2 cm³/mol. The number of fused-ring (bicyclic) bond motifs is 1. The molecule has 0 saturated carbocycles. The van der Waals surface area contributed by atoms with Gasteiger partial charge in [0.25, 0.3) is 0 Å². The highest BCUT2D eigenvalue weighted by molar-refractivity contribution is 5.85. The summed E-state index contributed by atoms with van der Waals surface area (Å²) in [6.07, 6.45) is 6.39. The van der Waals surface area contributed by atoms with Crippen LogP contribution in [0.5, 0.6) is 5.75 Å². The van der Waals surface area contributed by atoms with E-state index in [0.717, 1.165) is 17.7 Å². The highest BCUT2D eigenvalue weighted by Crippen LogP contribution is 2.50. The molecule has 0 N–H and O–H groups in total. The number of hydrogen-bond acceptors (Lipinski definition) is 4. The third-order valence-electron chi connectivity index (χ3n) is 5.28. The van der Waals surface area contributed by atoms with Gasteiger partial charge in [-0.15, -0.1) is 6.58 Å². The number of nitrogens with zero attached hydrogens (tertiary/aromatic N) is 1. The van der Waals surface area contributed by atoms with Crippen molar-refractivity contribution in [2.75, 3.05) is 20.3 Å². The molecule has 3 heterocycles. The summed E-state index contributed by atoms with van der Waals surface area (Å²) < 4.78 is 17.3. The Hall–Kier alpha value is -2.11. The van der Waals surface area contributed by atoms with Crippen LogP contribution in [0.4, 0.5) is 0 Å². The Kier molecular flexibility index (Phi) is 4.13. The summed E-state index contributed by atoms with van der Waals surface area (Å²) in [6, 6.07) is 7.81. The van der Waals surface area contributed by atoms with Crippen molar-refractivity contribution in [3.05, 3.63) is 54.6 Å². The Morgan fingerprint density at radius 2 is 2.20 bits per heavy atom. The Balaban J connectivity index is 1.49. The van der Waals surface area contributed by atoms with Crippen LogP contribution in [0.15, 0.2) is 49.1 Å². The van der Waals surface area contributed by atoms with E-state index < -0.39 is 5.60 Å². The van der Waals surface area contributed by atoms with Gasteiger partial charge in [-0.05, 0) is 24.1 Å². The molecule has 0 aliphatic carbocycles. The summed E-state index contributed by atoms with van der Waals surface area (Å²) in [7, 11) is 1.64. The molecule has 4 rings (SSSR count). The Morgan fingerprint density at radius 1 is 1.40 bits per heavy atom. The number of carbonyl (C=O) groups is 1. The minimum absolute atomic E-state index is 0.109. The minimum Gasteiger partial charge on any atom is -0.497 e. The van der Waals surface area contributed by atoms with Gasteiger partial charge in [0.2, 0.25) is 5.91 Å². The molecule has 5 heteroatoms. The van der Waals surface area contributed by atoms with Crippen molar-refractivity contribution in [3.8, 4) is 5.75 Å². The van der Waals surface area contributed by atoms with E-state index in [1.807, 2.05) is 41.3 Å². The summed E-state index contributed by atoms with van der Waals surface area (Å²) in [4.78, 5) is 14.9. The third-order valence-corrected chi connectivity index (χ3v) is 5.28. The molecule has 3 aliphatic rings. The summed E-state index contributed by atoms with van der Waals surface area (Å²) in [5, 5.41) is 0. The highest BCUT2D eigenvalue weighted by atomic mass is 16.6. The summed E-state index contributed by atoms with van der Waals surface area (Å²) in [6.45, 7) is 5.44. The number of amides is 1. The highest BCUT2D eigenvalue weighted by Gasteiger charge is 2.65. The number of likely N-dealkylation sites (tertiary alicyclic amines) is 1. The lowest BCUT2D eigenvalue weighted by atomic mass is 9.83. The molecule has 1 aromatic carbocycles. The molecule has 2 fully saturated rings. The van der Waals surface area contributed by atoms with E-state index in [9.17, 15) is 4.79 Å². The lowest BCUT2D eigenvalue weighted by Crippen LogP contribution is -2.40. The van der Waals surface area contributed by atoms with Crippen LogP contribution in [0.25, 0.3) is 0 Å². The van der Waals surface area contributed by atoms with Gasteiger partial charge in [-0.25, -0.2) is 0 Å². The number of benzene rings is 1. The molecule has 0 aromatic heterocycles. The maximum Gasteiger partial charge on any atom is 0.232 e. The Bertz CT molecular complexity index is 698. The van der Waals surface area contributed by atoms with Gasteiger partial charge in [0.1, 0.15) is 29.5 Å². The van der Waals surface area contributed by atoms with Crippen LogP contribution >= 0.6 is 0 Å². The molecule has 1 amide bonds. The quantitative estimate of drug-likeness (QED) is 0.564. The van der Waals surface area contributed by atoms with Crippen LogP contribution in [0.2, 0.25) is 0 Å². The number of ether oxygens (including phenoxy) is 3. The first-order chi connectivity index (χ1) is 12.2. The number of hydrogen-bond donors (Lipinski definition) is 0. The van der Waals surface area contributed by atoms with E-state index in [2.05, 4.69) is 12.7 Å². The molecule has 25 heavy (non-hydrogen) atoms. The second-order valence-corrected chi connectivity index (χ2v) is 6.83. The first-order valence-electron chi connectivity index (χ1n) is 8.68. The first-order valence-corrected chi connectivity index (χ1v) is 8.68. The van der Waals surface area contributed by atoms with Crippen molar-refractivity contribution in [1.29, 1.82) is 0 Å². The van der Waals surface area contributed by atoms with Gasteiger partial charge in [0.05, 0.1) is 20.3 Å². The lowest BCUT2D eigenvalue weighted by Gasteiger charge is -2.24. The fourth-order valence-electron chi connectivity index (χ4n) is 4.09. The van der Waals surface area contributed by atoms with Gasteiger partial charge >= 0.3 is 0 Å². The molecule has 2 bridgehead atoms. The van der Waals surface area contributed by atoms with Gasteiger partial charge in [-0.1, -0.05) is 30.4 Å². The SMILES string of the molecule is C=CCCO[C@@H]1[C@@H]2C=C[C@@]3(CN(Cc4ccc(OC)cc4)C(=O)[C@@H]13)O2. The second kappa shape index (κ2) is 6.32. The van der Waals surface area contributed by atoms with Crippen molar-refractivity contribution >= 4 is 5.91 Å². The largest absolute Gasteiger partial charge is 0.497 e. The van der Waals surface area contributed by atoms with E-state index in [4.69, 9.17) is 14.2 Å². The summed E-state index contributed by atoms with van der Waals surface area (Å²) in [5.74, 6) is 0.685. The zero-order valence-electron chi connectivity index (χ0n) is 14.4. The van der Waals surface area contributed by atoms with E-state index in [1.54, 1.807) is 7.11 Å². The van der Waals surface area contributed by atoms with Gasteiger partial charge in [-0.2, -0.15) is 0 Å². The fraction of sp³-hybridized carbons (Fsp3) is 0.450. The van der Waals surface area contributed by atoms with E-state index in [0.29, 0.717) is 19.7 Å². The van der Waals surface area contributed by atoms with Crippen molar-refractivity contribution in [2.24, 2.45) is 5.92 Å². The summed E-state index contributed by atoms with van der Waals surface area (Å²) >= 11 is 0. The van der Waals surface area contributed by atoms with Crippen molar-refractivity contribution in [2.45, 2.75) is 30.8 Å². The zero-order valence-corrected chi connectivity index (χ0v) is 14.4. The van der Waals surface area contributed by atoms with Crippen molar-refractivity contribution < 1.29 is 19.0 Å². The molecule has 1 aromatic rings. The standard InChI is InChI=1S/C20H23NO4/c1-3-4-11-24-18-16-9-10-20(25-16)13-21(19(22)17(18)20)12-14-5-7-15(23-2)8-6-14/h3,5-10,16-18H,1,4,11-13H2,2H3/t16-,17+,18+,20-/m0/s1. The molecule has 3 aliphatic heterocycles. The first kappa shape index (κ1) is 16.4. The van der Waals surface area contributed by atoms with Crippen LogP contribution in [-0.2, 0) is 20.8 Å². The van der Waals surface area contributed by atoms with E-state index in [-0.39, 0.29) is 24.0 Å². The van der Waals surface area contributed by atoms with Crippen molar-refractivity contribution in [1.82, 2.24) is 4.90 Å². The van der Waals surface area contributed by atoms with Gasteiger partial charge in [0.15, 0.2) is 0 Å². The lowest BCUT2D eigenvalue weighted by molar-refractivity contribution is -0.135. The zero-order chi connectivity index (χ0) is 17.4. The Labute approximate surface area is 147 Å². The van der Waals surface area contributed by atoms with E-state index >= 15 is 0 Å². The molecule has 132 valence electrons. The second-order valence-electron chi connectivity index (χ2n) is 6.83. The van der Waals surface area contributed by atoms with Gasteiger partial charge in [0, 0.05) is 6.54 Å². The average molecular weight is 341 g/mol. The smallest absolute Gasteiger partial charge is 0.232 e. The minimum atomic E-state index is -0.521. The fourth-order valence-corrected chi connectivity index (χ4v) is 4.09. The average Bonchev–Trinajstić information content (AvgIpc) is 3.25. The molecule has 1 spiro atoms. The number of rotatable bonds is 7. The molecule has 0 unspecified atom stereocenters. The number of carbonyl (C=O) groups excluding carboxylic acids is 1. The van der Waals surface area contributed by atoms with Gasteiger partial charge < -0.3 is 19.1 Å². The molecular weight excluding hydrogens is 318 g/mol. The van der Waals surface area contributed by atoms with E-state index in [1.165, 1.54) is 0 Å². The molecule has 0 radical (unpaired) electrons. The predicted octanol–water partition coefficient (Wildman–Crippen LogP) is 2.32. The third kappa shape index (κ3) is 2.68. The van der Waals surface area contributed by atoms with Crippen LogP contribution in [0, 0.1) is 5.92 Å². The molecular formula is C20H23NO4. The monoisotopic (exact) mass is 341 g/mol. The Morgan fingerprint density at radius 3 is 2.92 bits per heavy atom. The van der Waals surface area contributed by atoms with Crippen LogP contribution < -0.4 is 4.74 Å². The molecule has 2 saturated heterocycles. The van der Waals surface area contributed by atoms with Crippen molar-refractivity contribution in [3.63, 3.8) is 0 Å². The molecule has 5 nitrogen and oxygen atoms in total. The van der Waals surface area contributed by atoms with Crippen LogP contribution in [0.3, 0.4) is 0 Å². The van der Waals surface area contributed by atoms with Crippen LogP contribution in [0.1, 0.15) is 12.0 Å². The topological polar surface area (TPSA) is 48.0 Å². The van der Waals surface area contributed by atoms with Gasteiger partial charge in [-0.3, -0.25) is 4.79 Å². The number of methoxy groups -OCH3 is 1.